The van der Waals surface area contributed by atoms with E-state index < -0.39 is 0 Å². The third kappa shape index (κ3) is 6.08. The summed E-state index contributed by atoms with van der Waals surface area (Å²) in [6, 6.07) is 18.6. The van der Waals surface area contributed by atoms with Crippen molar-refractivity contribution in [3.63, 3.8) is 0 Å². The molecule has 2 aromatic carbocycles. The zero-order valence-electron chi connectivity index (χ0n) is 17.7. The van der Waals surface area contributed by atoms with Crippen LogP contribution in [0.2, 0.25) is 0 Å². The molecule has 29 heavy (non-hydrogen) atoms. The topological polar surface area (TPSA) is 56.7 Å². The Morgan fingerprint density at radius 1 is 1.03 bits per heavy atom. The average molecular weight is 393 g/mol. The van der Waals surface area contributed by atoms with Crippen LogP contribution in [0.3, 0.4) is 0 Å². The lowest BCUT2D eigenvalue weighted by molar-refractivity contribution is 0.0827. The molecule has 5 heteroatoms. The highest BCUT2D eigenvalue weighted by molar-refractivity contribution is 5.94. The van der Waals surface area contributed by atoms with Gasteiger partial charge in [0, 0.05) is 39.8 Å². The van der Waals surface area contributed by atoms with Gasteiger partial charge in [-0.05, 0) is 54.4 Å². The highest BCUT2D eigenvalue weighted by Gasteiger charge is 2.42. The third-order valence-corrected chi connectivity index (χ3v) is 5.52. The summed E-state index contributed by atoms with van der Waals surface area (Å²) in [6.07, 6.45) is 4.48. The molecule has 2 N–H and O–H groups in total. The van der Waals surface area contributed by atoms with Gasteiger partial charge in [0.15, 0.2) is 5.96 Å². The fourth-order valence-electron chi connectivity index (χ4n) is 3.56. The maximum atomic E-state index is 12.1. The predicted molar refractivity (Wildman–Crippen MR) is 119 cm³/mol. The van der Waals surface area contributed by atoms with Gasteiger partial charge in [0.25, 0.3) is 5.91 Å². The first-order chi connectivity index (χ1) is 14.0. The largest absolute Gasteiger partial charge is 0.356 e. The number of carbonyl (C=O) groups excluding carboxylic acids is 1. The molecular formula is C24H32N4O. The highest BCUT2D eigenvalue weighted by atomic mass is 16.2. The van der Waals surface area contributed by atoms with Crippen molar-refractivity contribution in [2.75, 3.05) is 34.2 Å². The van der Waals surface area contributed by atoms with Gasteiger partial charge in [0.05, 0.1) is 0 Å². The number of nitrogens with one attached hydrogen (secondary N) is 2. The van der Waals surface area contributed by atoms with Crippen LogP contribution in [0.5, 0.6) is 0 Å². The molecule has 154 valence electrons. The van der Waals surface area contributed by atoms with Crippen molar-refractivity contribution < 1.29 is 4.79 Å². The lowest BCUT2D eigenvalue weighted by atomic mass is 9.96. The zero-order chi connectivity index (χ0) is 20.7. The Bertz CT molecular complexity index is 841. The Balaban J connectivity index is 1.45. The van der Waals surface area contributed by atoms with Gasteiger partial charge < -0.3 is 15.5 Å². The number of amides is 1. The van der Waals surface area contributed by atoms with Crippen LogP contribution in [0.15, 0.2) is 59.6 Å². The van der Waals surface area contributed by atoms with E-state index in [2.05, 4.69) is 52.0 Å². The number of carbonyl (C=O) groups is 1. The Labute approximate surface area is 174 Å². The second kappa shape index (κ2) is 9.59. The maximum absolute atomic E-state index is 12.1. The molecule has 1 aliphatic rings. The molecule has 1 saturated carbocycles. The average Bonchev–Trinajstić information content (AvgIpc) is 3.50. The molecule has 0 aromatic heterocycles. The Hall–Kier alpha value is -2.82. The molecular weight excluding hydrogens is 360 g/mol. The molecule has 0 aliphatic heterocycles. The smallest absolute Gasteiger partial charge is 0.253 e. The van der Waals surface area contributed by atoms with Crippen LogP contribution in [-0.2, 0) is 12.8 Å². The van der Waals surface area contributed by atoms with Crippen molar-refractivity contribution in [2.24, 2.45) is 10.4 Å². The van der Waals surface area contributed by atoms with E-state index in [1.807, 2.05) is 25.2 Å². The minimum Gasteiger partial charge on any atom is -0.356 e. The molecule has 2 aromatic rings. The lowest BCUT2D eigenvalue weighted by Crippen LogP contribution is -2.41. The standard InChI is InChI=1S/C24H32N4O/c1-25-23(27-18-24(13-14-24)17-20-8-5-4-6-9-20)26-15-12-19-10-7-11-21(16-19)22(29)28(2)3/h4-11,16H,12-15,17-18H2,1-3H3,(H2,25,26,27). The number of hydrogen-bond donors (Lipinski definition) is 2. The third-order valence-electron chi connectivity index (χ3n) is 5.52. The Morgan fingerprint density at radius 2 is 1.76 bits per heavy atom. The molecule has 0 bridgehead atoms. The van der Waals surface area contributed by atoms with E-state index in [0.29, 0.717) is 5.41 Å². The van der Waals surface area contributed by atoms with E-state index in [0.717, 1.165) is 43.0 Å². The number of hydrogen-bond acceptors (Lipinski definition) is 2. The number of rotatable bonds is 8. The van der Waals surface area contributed by atoms with E-state index >= 15 is 0 Å². The van der Waals surface area contributed by atoms with Gasteiger partial charge in [-0.15, -0.1) is 0 Å². The molecule has 0 radical (unpaired) electrons. The van der Waals surface area contributed by atoms with Gasteiger partial charge in [-0.2, -0.15) is 0 Å². The van der Waals surface area contributed by atoms with Crippen LogP contribution >= 0.6 is 0 Å². The minimum atomic E-state index is 0.0328. The van der Waals surface area contributed by atoms with E-state index in [1.54, 1.807) is 19.0 Å². The predicted octanol–water partition coefficient (Wildman–Crippen LogP) is 3.12. The summed E-state index contributed by atoms with van der Waals surface area (Å²) in [5, 5.41) is 6.90. The van der Waals surface area contributed by atoms with Gasteiger partial charge in [-0.25, -0.2) is 0 Å². The first-order valence-corrected chi connectivity index (χ1v) is 10.3. The van der Waals surface area contributed by atoms with Crippen LogP contribution in [0.1, 0.15) is 34.3 Å². The molecule has 0 atom stereocenters. The van der Waals surface area contributed by atoms with E-state index in [4.69, 9.17) is 0 Å². The van der Waals surface area contributed by atoms with Crippen molar-refractivity contribution in [2.45, 2.75) is 25.7 Å². The number of nitrogens with zero attached hydrogens (tertiary/aromatic N) is 2. The fraction of sp³-hybridized carbons (Fsp3) is 0.417. The second-order valence-corrected chi connectivity index (χ2v) is 8.16. The van der Waals surface area contributed by atoms with E-state index in [1.165, 1.54) is 18.4 Å². The zero-order valence-corrected chi connectivity index (χ0v) is 17.7. The molecule has 1 amide bonds. The van der Waals surface area contributed by atoms with Crippen molar-refractivity contribution in [3.05, 3.63) is 71.3 Å². The normalized spacial score (nSPS) is 14.9. The van der Waals surface area contributed by atoms with Crippen molar-refractivity contribution in [1.82, 2.24) is 15.5 Å². The van der Waals surface area contributed by atoms with Crippen LogP contribution in [0, 0.1) is 5.41 Å². The van der Waals surface area contributed by atoms with E-state index in [-0.39, 0.29) is 5.91 Å². The van der Waals surface area contributed by atoms with Crippen molar-refractivity contribution in [1.29, 1.82) is 0 Å². The Morgan fingerprint density at radius 3 is 2.41 bits per heavy atom. The number of aliphatic imine (C=N–C) groups is 1. The fourth-order valence-corrected chi connectivity index (χ4v) is 3.56. The Kier molecular flexibility index (Phi) is 6.91. The van der Waals surface area contributed by atoms with Crippen LogP contribution in [0.4, 0.5) is 0 Å². The molecule has 0 saturated heterocycles. The quantitative estimate of drug-likeness (QED) is 0.536. The summed E-state index contributed by atoms with van der Waals surface area (Å²) >= 11 is 0. The summed E-state index contributed by atoms with van der Waals surface area (Å²) in [7, 11) is 5.36. The first kappa shape index (κ1) is 20.9. The van der Waals surface area contributed by atoms with Gasteiger partial charge in [0.1, 0.15) is 0 Å². The molecule has 0 heterocycles. The highest BCUT2D eigenvalue weighted by Crippen LogP contribution is 2.47. The summed E-state index contributed by atoms with van der Waals surface area (Å²) in [5.74, 6) is 0.871. The van der Waals surface area contributed by atoms with Crippen molar-refractivity contribution in [3.8, 4) is 0 Å². The van der Waals surface area contributed by atoms with Crippen molar-refractivity contribution >= 4 is 11.9 Å². The number of benzene rings is 2. The lowest BCUT2D eigenvalue weighted by Gasteiger charge is -2.19. The van der Waals surface area contributed by atoms with Crippen LogP contribution in [0.25, 0.3) is 0 Å². The van der Waals surface area contributed by atoms with Gasteiger partial charge in [-0.1, -0.05) is 42.5 Å². The minimum absolute atomic E-state index is 0.0328. The van der Waals surface area contributed by atoms with Gasteiger partial charge in [0.2, 0.25) is 0 Å². The molecule has 1 aliphatic carbocycles. The molecule has 0 spiro atoms. The van der Waals surface area contributed by atoms with Gasteiger partial charge >= 0.3 is 0 Å². The van der Waals surface area contributed by atoms with Crippen LogP contribution < -0.4 is 10.6 Å². The monoisotopic (exact) mass is 392 g/mol. The first-order valence-electron chi connectivity index (χ1n) is 10.3. The molecule has 3 rings (SSSR count). The van der Waals surface area contributed by atoms with Gasteiger partial charge in [-0.3, -0.25) is 9.79 Å². The summed E-state index contributed by atoms with van der Waals surface area (Å²) in [5.41, 5.74) is 3.64. The number of guanidine groups is 1. The maximum Gasteiger partial charge on any atom is 0.253 e. The van der Waals surface area contributed by atoms with E-state index in [9.17, 15) is 4.79 Å². The van der Waals surface area contributed by atoms with Crippen LogP contribution in [-0.4, -0.2) is 51.0 Å². The summed E-state index contributed by atoms with van der Waals surface area (Å²) < 4.78 is 0. The second-order valence-electron chi connectivity index (χ2n) is 8.16. The molecule has 1 fully saturated rings. The molecule has 0 unspecified atom stereocenters. The summed E-state index contributed by atoms with van der Waals surface area (Å²) in [6.45, 7) is 1.71. The summed E-state index contributed by atoms with van der Waals surface area (Å²) in [4.78, 5) is 18.1. The molecule has 5 nitrogen and oxygen atoms in total. The SMILES string of the molecule is CN=C(NCCc1cccc(C(=O)N(C)C)c1)NCC1(Cc2ccccc2)CC1.